The van der Waals surface area contributed by atoms with Crippen LogP contribution in [-0.4, -0.2) is 35.9 Å². The standard InChI is InChI=1S/C22H25N5O2/c1-4-15-5-7-18(8-6-15)24-21-13-23-26-22(25-21)27-10-9-16-11-19(28-2)20(29-3)12-17(16)14-27/h5-8,11-13H,4,9-10,14H2,1-3H3,(H,24,25,26). The summed E-state index contributed by atoms with van der Waals surface area (Å²) in [5.41, 5.74) is 4.73. The lowest BCUT2D eigenvalue weighted by atomic mass is 9.99. The van der Waals surface area contributed by atoms with E-state index >= 15 is 0 Å². The number of aromatic nitrogens is 3. The Labute approximate surface area is 170 Å². The van der Waals surface area contributed by atoms with Crippen molar-refractivity contribution in [3.63, 3.8) is 0 Å². The van der Waals surface area contributed by atoms with Crippen molar-refractivity contribution in [1.29, 1.82) is 0 Å². The van der Waals surface area contributed by atoms with E-state index in [-0.39, 0.29) is 0 Å². The predicted molar refractivity (Wildman–Crippen MR) is 113 cm³/mol. The molecule has 3 aromatic rings. The van der Waals surface area contributed by atoms with Crippen LogP contribution < -0.4 is 19.7 Å². The lowest BCUT2D eigenvalue weighted by Crippen LogP contribution is -2.32. The van der Waals surface area contributed by atoms with Gasteiger partial charge >= 0.3 is 0 Å². The van der Waals surface area contributed by atoms with Crippen molar-refractivity contribution >= 4 is 17.5 Å². The van der Waals surface area contributed by atoms with Gasteiger partial charge in [0.25, 0.3) is 0 Å². The average Bonchev–Trinajstić information content (AvgIpc) is 2.78. The summed E-state index contributed by atoms with van der Waals surface area (Å²) in [6.07, 6.45) is 3.55. The molecule has 1 aliphatic rings. The molecule has 4 rings (SSSR count). The summed E-state index contributed by atoms with van der Waals surface area (Å²) in [4.78, 5) is 6.80. The van der Waals surface area contributed by atoms with Crippen LogP contribution in [0.25, 0.3) is 0 Å². The highest BCUT2D eigenvalue weighted by Gasteiger charge is 2.21. The van der Waals surface area contributed by atoms with Crippen LogP contribution in [0.15, 0.2) is 42.6 Å². The van der Waals surface area contributed by atoms with Crippen LogP contribution in [0, 0.1) is 0 Å². The number of benzene rings is 2. The minimum Gasteiger partial charge on any atom is -0.493 e. The van der Waals surface area contributed by atoms with E-state index in [1.165, 1.54) is 16.7 Å². The lowest BCUT2D eigenvalue weighted by molar-refractivity contribution is 0.353. The minimum atomic E-state index is 0.612. The van der Waals surface area contributed by atoms with Crippen LogP contribution in [0.1, 0.15) is 23.6 Å². The maximum atomic E-state index is 5.45. The molecule has 0 bridgehead atoms. The van der Waals surface area contributed by atoms with Gasteiger partial charge in [-0.15, -0.1) is 5.10 Å². The molecule has 1 N–H and O–H groups in total. The van der Waals surface area contributed by atoms with Gasteiger partial charge in [-0.25, -0.2) is 0 Å². The maximum absolute atomic E-state index is 5.45. The molecule has 0 saturated carbocycles. The lowest BCUT2D eigenvalue weighted by Gasteiger charge is -2.29. The van der Waals surface area contributed by atoms with Crippen molar-refractivity contribution in [2.45, 2.75) is 26.3 Å². The van der Waals surface area contributed by atoms with Gasteiger partial charge in [0.15, 0.2) is 17.3 Å². The first-order valence-corrected chi connectivity index (χ1v) is 9.74. The Bertz CT molecular complexity index is 991. The van der Waals surface area contributed by atoms with Crippen LogP contribution in [0.5, 0.6) is 11.5 Å². The SMILES string of the molecule is CCc1ccc(Nc2cnnc(N3CCc4cc(OC)c(OC)cc4C3)n2)cc1. The highest BCUT2D eigenvalue weighted by molar-refractivity contribution is 5.57. The zero-order valence-corrected chi connectivity index (χ0v) is 17.0. The number of rotatable bonds is 6. The van der Waals surface area contributed by atoms with E-state index in [0.29, 0.717) is 18.3 Å². The molecule has 29 heavy (non-hydrogen) atoms. The van der Waals surface area contributed by atoms with Crippen LogP contribution in [-0.2, 0) is 19.4 Å². The number of aryl methyl sites for hydroxylation is 1. The molecule has 0 saturated heterocycles. The molecule has 0 spiro atoms. The molecule has 150 valence electrons. The van der Waals surface area contributed by atoms with Crippen molar-refractivity contribution in [3.05, 3.63) is 59.3 Å². The summed E-state index contributed by atoms with van der Waals surface area (Å²) in [5.74, 6) is 2.79. The van der Waals surface area contributed by atoms with Crippen molar-refractivity contribution in [3.8, 4) is 11.5 Å². The molecule has 7 heteroatoms. The molecule has 0 fully saturated rings. The fraction of sp³-hybridized carbons (Fsp3) is 0.318. The molecule has 0 aliphatic carbocycles. The number of nitrogens with one attached hydrogen (secondary N) is 1. The number of nitrogens with zero attached hydrogens (tertiary/aromatic N) is 4. The topological polar surface area (TPSA) is 72.4 Å². The minimum absolute atomic E-state index is 0.612. The third kappa shape index (κ3) is 4.08. The Balaban J connectivity index is 1.53. The quantitative estimate of drug-likeness (QED) is 0.686. The summed E-state index contributed by atoms with van der Waals surface area (Å²) in [7, 11) is 3.31. The third-order valence-corrected chi connectivity index (χ3v) is 5.18. The smallest absolute Gasteiger partial charge is 0.247 e. The average molecular weight is 391 g/mol. The van der Waals surface area contributed by atoms with Gasteiger partial charge in [0.1, 0.15) is 0 Å². The fourth-order valence-electron chi connectivity index (χ4n) is 3.51. The van der Waals surface area contributed by atoms with Gasteiger partial charge in [-0.05, 0) is 53.8 Å². The van der Waals surface area contributed by atoms with Crippen molar-refractivity contribution in [2.75, 3.05) is 31.0 Å². The molecular weight excluding hydrogens is 366 g/mol. The second kappa shape index (κ2) is 8.34. The summed E-state index contributed by atoms with van der Waals surface area (Å²) in [5, 5.41) is 11.7. The molecule has 2 heterocycles. The second-order valence-electron chi connectivity index (χ2n) is 6.96. The first-order valence-electron chi connectivity index (χ1n) is 9.74. The van der Waals surface area contributed by atoms with E-state index in [0.717, 1.165) is 36.6 Å². The van der Waals surface area contributed by atoms with Crippen LogP contribution in [0.2, 0.25) is 0 Å². The molecule has 1 aromatic heterocycles. The number of ether oxygens (including phenoxy) is 2. The Morgan fingerprint density at radius 3 is 2.45 bits per heavy atom. The normalized spacial score (nSPS) is 13.0. The zero-order chi connectivity index (χ0) is 20.2. The first-order chi connectivity index (χ1) is 14.2. The molecule has 0 unspecified atom stereocenters. The Morgan fingerprint density at radius 2 is 1.76 bits per heavy atom. The number of anilines is 3. The van der Waals surface area contributed by atoms with E-state index < -0.39 is 0 Å². The van der Waals surface area contributed by atoms with Crippen LogP contribution >= 0.6 is 0 Å². The Hall–Kier alpha value is -3.35. The Kier molecular flexibility index (Phi) is 5.46. The van der Waals surface area contributed by atoms with Gasteiger partial charge in [-0.2, -0.15) is 10.1 Å². The van der Waals surface area contributed by atoms with Gasteiger partial charge in [0, 0.05) is 18.8 Å². The monoisotopic (exact) mass is 391 g/mol. The zero-order valence-electron chi connectivity index (χ0n) is 17.0. The molecule has 0 radical (unpaired) electrons. The summed E-state index contributed by atoms with van der Waals surface area (Å²) >= 11 is 0. The summed E-state index contributed by atoms with van der Waals surface area (Å²) in [6.45, 7) is 3.66. The predicted octanol–water partition coefficient (Wildman–Crippen LogP) is 3.76. The van der Waals surface area contributed by atoms with Gasteiger partial charge in [0.2, 0.25) is 5.95 Å². The molecular formula is C22H25N5O2. The molecule has 7 nitrogen and oxygen atoms in total. The van der Waals surface area contributed by atoms with Gasteiger partial charge in [-0.3, -0.25) is 0 Å². The highest BCUT2D eigenvalue weighted by atomic mass is 16.5. The molecule has 0 amide bonds. The number of hydrogen-bond donors (Lipinski definition) is 1. The molecule has 2 aromatic carbocycles. The largest absolute Gasteiger partial charge is 0.493 e. The van der Waals surface area contributed by atoms with E-state index in [2.05, 4.69) is 62.7 Å². The summed E-state index contributed by atoms with van der Waals surface area (Å²) < 4.78 is 10.9. The third-order valence-electron chi connectivity index (χ3n) is 5.18. The van der Waals surface area contributed by atoms with Crippen molar-refractivity contribution in [1.82, 2.24) is 15.2 Å². The number of fused-ring (bicyclic) bond motifs is 1. The van der Waals surface area contributed by atoms with Crippen molar-refractivity contribution in [2.24, 2.45) is 0 Å². The van der Waals surface area contributed by atoms with Gasteiger partial charge in [0.05, 0.1) is 20.4 Å². The van der Waals surface area contributed by atoms with Crippen LogP contribution in [0.3, 0.4) is 0 Å². The van der Waals surface area contributed by atoms with E-state index in [1.807, 2.05) is 6.07 Å². The Morgan fingerprint density at radius 1 is 1.03 bits per heavy atom. The van der Waals surface area contributed by atoms with Gasteiger partial charge < -0.3 is 19.7 Å². The fourth-order valence-corrected chi connectivity index (χ4v) is 3.51. The number of hydrogen-bond acceptors (Lipinski definition) is 7. The van der Waals surface area contributed by atoms with Crippen LogP contribution in [0.4, 0.5) is 17.5 Å². The second-order valence-corrected chi connectivity index (χ2v) is 6.96. The highest BCUT2D eigenvalue weighted by Crippen LogP contribution is 2.34. The first kappa shape index (κ1) is 19.0. The summed E-state index contributed by atoms with van der Waals surface area (Å²) in [6, 6.07) is 12.4. The van der Waals surface area contributed by atoms with Crippen molar-refractivity contribution < 1.29 is 9.47 Å². The number of methoxy groups -OCH3 is 2. The van der Waals surface area contributed by atoms with E-state index in [1.54, 1.807) is 20.4 Å². The van der Waals surface area contributed by atoms with E-state index in [9.17, 15) is 0 Å². The maximum Gasteiger partial charge on any atom is 0.247 e. The van der Waals surface area contributed by atoms with E-state index in [4.69, 9.17) is 9.47 Å². The molecule has 1 aliphatic heterocycles. The molecule has 0 atom stereocenters. The van der Waals surface area contributed by atoms with Gasteiger partial charge in [-0.1, -0.05) is 19.1 Å².